The number of rotatable bonds is 9. The van der Waals surface area contributed by atoms with E-state index in [9.17, 15) is 9.59 Å². The third-order valence-corrected chi connectivity index (χ3v) is 7.27. The van der Waals surface area contributed by atoms with Crippen molar-refractivity contribution >= 4 is 16.8 Å². The molecule has 1 fully saturated rings. The van der Waals surface area contributed by atoms with E-state index in [2.05, 4.69) is 25.7 Å². The van der Waals surface area contributed by atoms with Crippen LogP contribution in [-0.4, -0.2) is 58.0 Å². The van der Waals surface area contributed by atoms with E-state index in [1.165, 1.54) is 12.8 Å². The molecule has 0 saturated carbocycles. The molecule has 0 N–H and O–H groups in total. The van der Waals surface area contributed by atoms with Crippen molar-refractivity contribution in [1.29, 1.82) is 0 Å². The van der Waals surface area contributed by atoms with Crippen LogP contribution in [0.2, 0.25) is 0 Å². The van der Waals surface area contributed by atoms with Gasteiger partial charge in [0.05, 0.1) is 29.7 Å². The maximum Gasteiger partial charge on any atom is 0.266 e. The van der Waals surface area contributed by atoms with Crippen LogP contribution >= 0.6 is 0 Å². The SMILES string of the molecule is CCCCCCC(=O)N1CCN(C(C)c2nc3ccccc3c(=O)n2-c2ccccc2OC)CC1C. The van der Waals surface area contributed by atoms with Crippen LogP contribution in [0.25, 0.3) is 16.6 Å². The largest absolute Gasteiger partial charge is 0.495 e. The van der Waals surface area contributed by atoms with E-state index >= 15 is 0 Å². The molecule has 0 spiro atoms. The van der Waals surface area contributed by atoms with E-state index < -0.39 is 0 Å². The molecule has 0 aliphatic carbocycles. The third kappa shape index (κ3) is 5.31. The lowest BCUT2D eigenvalue weighted by Gasteiger charge is -2.42. The minimum atomic E-state index is -0.128. The first-order valence-electron chi connectivity index (χ1n) is 13.1. The Hall–Kier alpha value is -3.19. The highest BCUT2D eigenvalue weighted by Gasteiger charge is 2.32. The molecule has 3 aromatic rings. The summed E-state index contributed by atoms with van der Waals surface area (Å²) in [7, 11) is 1.61. The highest BCUT2D eigenvalue weighted by Crippen LogP contribution is 2.29. The molecule has 192 valence electrons. The number of benzene rings is 2. The first-order valence-corrected chi connectivity index (χ1v) is 13.1. The molecule has 1 aromatic heterocycles. The standard InChI is InChI=1S/C29H38N4O3/c1-5-6-7-8-17-27(34)32-19-18-31(20-21(32)2)22(3)28-30-24-14-10-9-13-23(24)29(35)33(28)25-15-11-12-16-26(25)36-4/h9-16,21-22H,5-8,17-20H2,1-4H3. The molecule has 36 heavy (non-hydrogen) atoms. The number of para-hydroxylation sites is 3. The second-order valence-corrected chi connectivity index (χ2v) is 9.72. The summed E-state index contributed by atoms with van der Waals surface area (Å²) in [5, 5.41) is 0.575. The van der Waals surface area contributed by atoms with Crippen LogP contribution in [0.3, 0.4) is 0 Å². The van der Waals surface area contributed by atoms with Gasteiger partial charge in [0.2, 0.25) is 5.91 Å². The van der Waals surface area contributed by atoms with Crippen molar-refractivity contribution in [3.63, 3.8) is 0 Å². The number of carbonyl (C=O) groups is 1. The fourth-order valence-corrected chi connectivity index (χ4v) is 5.20. The predicted molar refractivity (Wildman–Crippen MR) is 144 cm³/mol. The minimum absolute atomic E-state index is 0.103. The second kappa shape index (κ2) is 11.7. The van der Waals surface area contributed by atoms with Gasteiger partial charge < -0.3 is 9.64 Å². The lowest BCUT2D eigenvalue weighted by Crippen LogP contribution is -2.54. The Kier molecular flexibility index (Phi) is 8.41. The van der Waals surface area contributed by atoms with E-state index in [0.717, 1.165) is 25.9 Å². The van der Waals surface area contributed by atoms with Crippen molar-refractivity contribution in [2.75, 3.05) is 26.7 Å². The molecule has 2 atom stereocenters. The van der Waals surface area contributed by atoms with Gasteiger partial charge in [0.1, 0.15) is 11.6 Å². The number of piperazine rings is 1. The summed E-state index contributed by atoms with van der Waals surface area (Å²) in [6, 6.07) is 15.0. The van der Waals surface area contributed by atoms with Crippen LogP contribution in [0.1, 0.15) is 64.7 Å². The fourth-order valence-electron chi connectivity index (χ4n) is 5.20. The van der Waals surface area contributed by atoms with Gasteiger partial charge in [-0.1, -0.05) is 50.5 Å². The summed E-state index contributed by atoms with van der Waals surface area (Å²) < 4.78 is 7.30. The quantitative estimate of drug-likeness (QED) is 0.397. The normalized spacial score (nSPS) is 17.3. The number of amides is 1. The number of nitrogens with zero attached hydrogens (tertiary/aromatic N) is 4. The van der Waals surface area contributed by atoms with Gasteiger partial charge in [0.25, 0.3) is 5.56 Å². The fraction of sp³-hybridized carbons (Fsp3) is 0.483. The molecule has 1 amide bonds. The summed E-state index contributed by atoms with van der Waals surface area (Å²) in [5.74, 6) is 1.55. The molecule has 2 aromatic carbocycles. The Bertz CT molecular complexity index is 1250. The third-order valence-electron chi connectivity index (χ3n) is 7.27. The number of methoxy groups -OCH3 is 1. The molecule has 1 aliphatic rings. The molecule has 7 nitrogen and oxygen atoms in total. The molecule has 0 bridgehead atoms. The first-order chi connectivity index (χ1) is 17.5. The summed E-state index contributed by atoms with van der Waals surface area (Å²) in [6.07, 6.45) is 5.05. The summed E-state index contributed by atoms with van der Waals surface area (Å²) in [4.78, 5) is 35.9. The van der Waals surface area contributed by atoms with Crippen LogP contribution in [0.4, 0.5) is 0 Å². The first kappa shape index (κ1) is 25.9. The van der Waals surface area contributed by atoms with Crippen molar-refractivity contribution in [3.8, 4) is 11.4 Å². The molecule has 1 aliphatic heterocycles. The van der Waals surface area contributed by atoms with Gasteiger partial charge in [-0.25, -0.2) is 4.98 Å². The van der Waals surface area contributed by atoms with Crippen LogP contribution in [-0.2, 0) is 4.79 Å². The number of carbonyl (C=O) groups excluding carboxylic acids is 1. The molecule has 7 heteroatoms. The summed E-state index contributed by atoms with van der Waals surface area (Å²) in [6.45, 7) is 8.55. The lowest BCUT2D eigenvalue weighted by atomic mass is 10.1. The monoisotopic (exact) mass is 490 g/mol. The summed E-state index contributed by atoms with van der Waals surface area (Å²) >= 11 is 0. The van der Waals surface area contributed by atoms with Gasteiger partial charge in [0.15, 0.2) is 0 Å². The number of fused-ring (bicyclic) bond motifs is 1. The Morgan fingerprint density at radius 3 is 2.58 bits per heavy atom. The van der Waals surface area contributed by atoms with Crippen LogP contribution in [0.15, 0.2) is 53.3 Å². The smallest absolute Gasteiger partial charge is 0.266 e. The van der Waals surface area contributed by atoms with Crippen molar-refractivity contribution in [2.24, 2.45) is 0 Å². The topological polar surface area (TPSA) is 67.7 Å². The van der Waals surface area contributed by atoms with E-state index in [4.69, 9.17) is 9.72 Å². The Balaban J connectivity index is 1.63. The molecule has 0 radical (unpaired) electrons. The van der Waals surface area contributed by atoms with Gasteiger partial charge >= 0.3 is 0 Å². The number of aromatic nitrogens is 2. The molecular formula is C29H38N4O3. The van der Waals surface area contributed by atoms with Crippen molar-refractivity contribution in [2.45, 2.75) is 65.0 Å². The Morgan fingerprint density at radius 2 is 1.83 bits per heavy atom. The number of hydrogen-bond donors (Lipinski definition) is 0. The van der Waals surface area contributed by atoms with Crippen LogP contribution < -0.4 is 10.3 Å². The molecular weight excluding hydrogens is 452 g/mol. The van der Waals surface area contributed by atoms with E-state index in [-0.39, 0.29) is 23.6 Å². The number of ether oxygens (including phenoxy) is 1. The second-order valence-electron chi connectivity index (χ2n) is 9.72. The van der Waals surface area contributed by atoms with Crippen LogP contribution in [0, 0.1) is 0 Å². The Morgan fingerprint density at radius 1 is 1.08 bits per heavy atom. The number of unbranched alkanes of at least 4 members (excludes halogenated alkanes) is 3. The summed E-state index contributed by atoms with van der Waals surface area (Å²) in [5.41, 5.74) is 1.25. The predicted octanol–water partition coefficient (Wildman–Crippen LogP) is 4.96. The lowest BCUT2D eigenvalue weighted by molar-refractivity contribution is -0.136. The highest BCUT2D eigenvalue weighted by molar-refractivity contribution is 5.78. The minimum Gasteiger partial charge on any atom is -0.495 e. The molecule has 1 saturated heterocycles. The van der Waals surface area contributed by atoms with Gasteiger partial charge in [-0.05, 0) is 44.5 Å². The van der Waals surface area contributed by atoms with Crippen molar-refractivity contribution < 1.29 is 9.53 Å². The zero-order valence-corrected chi connectivity index (χ0v) is 21.9. The maximum absolute atomic E-state index is 13.8. The average molecular weight is 491 g/mol. The molecule has 2 unspecified atom stereocenters. The number of hydrogen-bond acceptors (Lipinski definition) is 5. The van der Waals surface area contributed by atoms with Gasteiger partial charge in [-0.2, -0.15) is 0 Å². The Labute approximate surface area is 213 Å². The van der Waals surface area contributed by atoms with Crippen LogP contribution in [0.5, 0.6) is 5.75 Å². The van der Waals surface area contributed by atoms with Crippen molar-refractivity contribution in [3.05, 3.63) is 64.7 Å². The maximum atomic E-state index is 13.8. The zero-order chi connectivity index (χ0) is 25.7. The highest BCUT2D eigenvalue weighted by atomic mass is 16.5. The van der Waals surface area contributed by atoms with Crippen molar-refractivity contribution in [1.82, 2.24) is 19.4 Å². The zero-order valence-electron chi connectivity index (χ0n) is 21.9. The van der Waals surface area contributed by atoms with E-state index in [0.29, 0.717) is 41.1 Å². The van der Waals surface area contributed by atoms with E-state index in [1.54, 1.807) is 11.7 Å². The van der Waals surface area contributed by atoms with Gasteiger partial charge in [-0.3, -0.25) is 19.1 Å². The van der Waals surface area contributed by atoms with E-state index in [1.807, 2.05) is 53.4 Å². The van der Waals surface area contributed by atoms with Gasteiger partial charge in [-0.15, -0.1) is 0 Å². The van der Waals surface area contributed by atoms with Gasteiger partial charge in [0, 0.05) is 32.1 Å². The molecule has 4 rings (SSSR count). The molecule has 2 heterocycles. The average Bonchev–Trinajstić information content (AvgIpc) is 2.90.